The second-order valence-corrected chi connectivity index (χ2v) is 5.21. The van der Waals surface area contributed by atoms with Crippen molar-refractivity contribution in [3.05, 3.63) is 35.1 Å². The van der Waals surface area contributed by atoms with Crippen molar-refractivity contribution in [1.82, 2.24) is 4.90 Å². The van der Waals surface area contributed by atoms with Crippen LogP contribution in [0.15, 0.2) is 18.2 Å². The maximum absolute atomic E-state index is 13.4. The summed E-state index contributed by atoms with van der Waals surface area (Å²) in [6, 6.07) is 5.03. The first kappa shape index (κ1) is 15.1. The quantitative estimate of drug-likeness (QED) is 0.843. The first-order chi connectivity index (χ1) is 8.49. The van der Waals surface area contributed by atoms with E-state index in [1.165, 1.54) is 6.07 Å². The average molecular weight is 252 g/mol. The van der Waals surface area contributed by atoms with Gasteiger partial charge in [0.1, 0.15) is 5.82 Å². The predicted molar refractivity (Wildman–Crippen MR) is 75.0 cm³/mol. The molecular weight excluding hydrogens is 227 g/mol. The molecule has 0 amide bonds. The fourth-order valence-electron chi connectivity index (χ4n) is 2.26. The van der Waals surface area contributed by atoms with Crippen LogP contribution in [0, 0.1) is 18.7 Å². The maximum atomic E-state index is 13.4. The van der Waals surface area contributed by atoms with Gasteiger partial charge in [0.15, 0.2) is 0 Å². The summed E-state index contributed by atoms with van der Waals surface area (Å²) in [4.78, 5) is 2.23. The van der Waals surface area contributed by atoms with Crippen molar-refractivity contribution in [3.8, 4) is 0 Å². The van der Waals surface area contributed by atoms with Gasteiger partial charge in [0, 0.05) is 19.1 Å². The highest BCUT2D eigenvalue weighted by molar-refractivity contribution is 5.29. The number of hydrogen-bond donors (Lipinski definition) is 1. The smallest absolute Gasteiger partial charge is 0.123 e. The molecule has 0 bridgehead atoms. The molecule has 0 saturated carbocycles. The molecule has 2 unspecified atom stereocenters. The second kappa shape index (κ2) is 6.86. The number of rotatable bonds is 6. The van der Waals surface area contributed by atoms with Gasteiger partial charge < -0.3 is 5.73 Å². The molecular formula is C15H25FN2. The van der Waals surface area contributed by atoms with Crippen molar-refractivity contribution in [3.63, 3.8) is 0 Å². The van der Waals surface area contributed by atoms with Crippen LogP contribution in [0.4, 0.5) is 4.39 Å². The highest BCUT2D eigenvalue weighted by atomic mass is 19.1. The third-order valence-corrected chi connectivity index (χ3v) is 3.65. The molecule has 0 heterocycles. The van der Waals surface area contributed by atoms with Gasteiger partial charge in [-0.15, -0.1) is 0 Å². The molecule has 0 aliphatic carbocycles. The Bertz CT molecular complexity index is 379. The molecule has 0 saturated heterocycles. The summed E-state index contributed by atoms with van der Waals surface area (Å²) >= 11 is 0. The standard InChI is InChI=1S/C15H25FN2/c1-5-11(2)10-18(4)15(9-17)14-8-13(16)7-6-12(14)3/h6-8,11,15H,5,9-10,17H2,1-4H3. The average Bonchev–Trinajstić information content (AvgIpc) is 2.34. The summed E-state index contributed by atoms with van der Waals surface area (Å²) in [7, 11) is 2.06. The van der Waals surface area contributed by atoms with Crippen molar-refractivity contribution in [2.75, 3.05) is 20.1 Å². The summed E-state index contributed by atoms with van der Waals surface area (Å²) in [5.74, 6) is 0.434. The summed E-state index contributed by atoms with van der Waals surface area (Å²) in [5, 5.41) is 0. The van der Waals surface area contributed by atoms with E-state index in [1.54, 1.807) is 6.07 Å². The number of likely N-dealkylation sites (N-methyl/N-ethyl adjacent to an activating group) is 1. The molecule has 102 valence electrons. The highest BCUT2D eigenvalue weighted by Crippen LogP contribution is 2.24. The zero-order chi connectivity index (χ0) is 13.7. The third kappa shape index (κ3) is 3.79. The first-order valence-corrected chi connectivity index (χ1v) is 6.65. The zero-order valence-corrected chi connectivity index (χ0v) is 11.9. The minimum absolute atomic E-state index is 0.0923. The number of aryl methyl sites for hydroxylation is 1. The van der Waals surface area contributed by atoms with Gasteiger partial charge in [-0.25, -0.2) is 4.39 Å². The molecule has 2 nitrogen and oxygen atoms in total. The van der Waals surface area contributed by atoms with Crippen molar-refractivity contribution >= 4 is 0 Å². The van der Waals surface area contributed by atoms with Crippen molar-refractivity contribution in [2.45, 2.75) is 33.2 Å². The van der Waals surface area contributed by atoms with Crippen LogP contribution in [0.5, 0.6) is 0 Å². The van der Waals surface area contributed by atoms with Crippen LogP contribution in [0.2, 0.25) is 0 Å². The topological polar surface area (TPSA) is 29.3 Å². The summed E-state index contributed by atoms with van der Waals surface area (Å²) in [6.07, 6.45) is 1.14. The van der Waals surface area contributed by atoms with E-state index >= 15 is 0 Å². The molecule has 0 aliphatic rings. The SMILES string of the molecule is CCC(C)CN(C)C(CN)c1cc(F)ccc1C. The zero-order valence-electron chi connectivity index (χ0n) is 11.9. The molecule has 2 N–H and O–H groups in total. The van der Waals surface area contributed by atoms with Crippen molar-refractivity contribution < 1.29 is 4.39 Å². The lowest BCUT2D eigenvalue weighted by Gasteiger charge is -2.30. The molecule has 1 rings (SSSR count). The lowest BCUT2D eigenvalue weighted by molar-refractivity contribution is 0.214. The summed E-state index contributed by atoms with van der Waals surface area (Å²) in [5.41, 5.74) is 7.98. The van der Waals surface area contributed by atoms with Crippen molar-refractivity contribution in [1.29, 1.82) is 0 Å². The van der Waals surface area contributed by atoms with E-state index in [4.69, 9.17) is 5.73 Å². The monoisotopic (exact) mass is 252 g/mol. The Morgan fingerprint density at radius 2 is 2.06 bits per heavy atom. The number of nitrogens with zero attached hydrogens (tertiary/aromatic N) is 1. The molecule has 2 atom stereocenters. The minimum atomic E-state index is -0.189. The van der Waals surface area contributed by atoms with Crippen LogP contribution in [-0.4, -0.2) is 25.0 Å². The molecule has 3 heteroatoms. The molecule has 0 aromatic heterocycles. The van der Waals surface area contributed by atoms with Gasteiger partial charge in [-0.3, -0.25) is 4.90 Å². The molecule has 0 aliphatic heterocycles. The van der Waals surface area contributed by atoms with Gasteiger partial charge in [0.2, 0.25) is 0 Å². The fraction of sp³-hybridized carbons (Fsp3) is 0.600. The summed E-state index contributed by atoms with van der Waals surface area (Å²) in [6.45, 7) is 7.91. The Balaban J connectivity index is 2.91. The number of halogens is 1. The molecule has 0 fully saturated rings. The number of benzene rings is 1. The number of nitrogens with two attached hydrogens (primary N) is 1. The van der Waals surface area contributed by atoms with Crippen LogP contribution in [0.1, 0.15) is 37.4 Å². The van der Waals surface area contributed by atoms with Gasteiger partial charge >= 0.3 is 0 Å². The van der Waals surface area contributed by atoms with Gasteiger partial charge in [-0.2, -0.15) is 0 Å². The van der Waals surface area contributed by atoms with Gasteiger partial charge in [-0.05, 0) is 43.1 Å². The lowest BCUT2D eigenvalue weighted by Crippen LogP contribution is -2.34. The largest absolute Gasteiger partial charge is 0.329 e. The molecule has 0 spiro atoms. The van der Waals surface area contributed by atoms with E-state index in [1.807, 2.05) is 13.0 Å². The van der Waals surface area contributed by atoms with Gasteiger partial charge in [-0.1, -0.05) is 26.3 Å². The van der Waals surface area contributed by atoms with E-state index in [0.29, 0.717) is 12.5 Å². The van der Waals surface area contributed by atoms with Crippen LogP contribution in [0.3, 0.4) is 0 Å². The van der Waals surface area contributed by atoms with Crippen LogP contribution < -0.4 is 5.73 Å². The van der Waals surface area contributed by atoms with Crippen LogP contribution >= 0.6 is 0 Å². The molecule has 1 aromatic rings. The van der Waals surface area contributed by atoms with E-state index < -0.39 is 0 Å². The molecule has 1 aromatic carbocycles. The Kier molecular flexibility index (Phi) is 5.76. The van der Waals surface area contributed by atoms with Crippen LogP contribution in [-0.2, 0) is 0 Å². The maximum Gasteiger partial charge on any atom is 0.123 e. The highest BCUT2D eigenvalue weighted by Gasteiger charge is 2.19. The Morgan fingerprint density at radius 1 is 1.39 bits per heavy atom. The minimum Gasteiger partial charge on any atom is -0.329 e. The first-order valence-electron chi connectivity index (χ1n) is 6.65. The van der Waals surface area contributed by atoms with Gasteiger partial charge in [0.25, 0.3) is 0 Å². The molecule has 0 radical (unpaired) electrons. The van der Waals surface area contributed by atoms with E-state index in [0.717, 1.165) is 24.1 Å². The summed E-state index contributed by atoms with van der Waals surface area (Å²) < 4.78 is 13.4. The van der Waals surface area contributed by atoms with Crippen LogP contribution in [0.25, 0.3) is 0 Å². The van der Waals surface area contributed by atoms with E-state index in [-0.39, 0.29) is 11.9 Å². The second-order valence-electron chi connectivity index (χ2n) is 5.21. The Hall–Kier alpha value is -0.930. The number of hydrogen-bond acceptors (Lipinski definition) is 2. The molecule has 18 heavy (non-hydrogen) atoms. The Morgan fingerprint density at radius 3 is 2.61 bits per heavy atom. The predicted octanol–water partition coefficient (Wildman–Crippen LogP) is 3.11. The van der Waals surface area contributed by atoms with E-state index in [2.05, 4.69) is 25.8 Å². The third-order valence-electron chi connectivity index (χ3n) is 3.65. The van der Waals surface area contributed by atoms with E-state index in [9.17, 15) is 4.39 Å². The Labute approximate surface area is 110 Å². The van der Waals surface area contributed by atoms with Crippen molar-refractivity contribution in [2.24, 2.45) is 11.7 Å². The lowest BCUT2D eigenvalue weighted by atomic mass is 9.98. The fourth-order valence-corrected chi connectivity index (χ4v) is 2.26. The van der Waals surface area contributed by atoms with Gasteiger partial charge in [0.05, 0.1) is 0 Å². The normalized spacial score (nSPS) is 14.8.